The van der Waals surface area contributed by atoms with E-state index in [9.17, 15) is 30.0 Å². The number of anilines is 1. The number of aliphatic hydroxyl groups is 4. The molecule has 1 heterocycles. The minimum atomic E-state index is -0.922. The Morgan fingerprint density at radius 1 is 1.12 bits per heavy atom. The maximum Gasteiger partial charge on any atom is 0.251 e. The molecule has 2 aromatic carbocycles. The minimum Gasteiger partial charge on any atom is -0.496 e. The second-order valence-corrected chi connectivity index (χ2v) is 14.5. The largest absolute Gasteiger partial charge is 0.496 e. The summed E-state index contributed by atoms with van der Waals surface area (Å²) >= 11 is 0. The molecular weight excluding hydrogens is 628 g/mol. The first-order chi connectivity index (χ1) is 23.4. The van der Waals surface area contributed by atoms with Crippen molar-refractivity contribution in [2.75, 3.05) is 52.0 Å². The van der Waals surface area contributed by atoms with Crippen LogP contribution in [0.15, 0.2) is 36.4 Å². The fraction of sp³-hybridized carbons (Fsp3) is 0.622. The summed E-state index contributed by atoms with van der Waals surface area (Å²) in [6, 6.07) is 10.1. The van der Waals surface area contributed by atoms with Gasteiger partial charge >= 0.3 is 0 Å². The van der Waals surface area contributed by atoms with E-state index in [1.165, 1.54) is 6.42 Å². The molecule has 8 atom stereocenters. The number of fused-ring (bicyclic) bond motifs is 2. The monoisotopic (exact) mass is 682 g/mol. The summed E-state index contributed by atoms with van der Waals surface area (Å²) in [6.45, 7) is 8.49. The molecule has 1 aliphatic heterocycles. The SMILES string of the molecule is CNC(=O)c1cc(-c2cccc(CN3O[C@@H](CO)[C@@H]([C@H](C)O)[C@H]3C(=O)N[C@H]3C[C@H]4C[C@@H]([C@@H]3C)C4(C)C)c2OC)cc(N(CCO)CCO)c1. The highest BCUT2D eigenvalue weighted by Gasteiger charge is 2.57. The fourth-order valence-corrected chi connectivity index (χ4v) is 8.67. The molecule has 1 saturated heterocycles. The molecule has 0 spiro atoms. The Balaban J connectivity index is 1.48. The number of amides is 2. The van der Waals surface area contributed by atoms with Crippen LogP contribution in [0.4, 0.5) is 5.69 Å². The molecule has 0 unspecified atom stereocenters. The van der Waals surface area contributed by atoms with Crippen LogP contribution in [-0.2, 0) is 16.2 Å². The standard InChI is InChI=1S/C37H54N4O8/c1-21-29-17-26(37(29,3)4)18-30(21)39-36(47)33-32(22(2)45)31(20-44)49-41(33)19-23-8-7-9-28(34(23)48-6)24-14-25(35(46)38-5)16-27(15-24)40(10-12-42)11-13-43/h7-9,14-16,21-22,26,29-33,42-45H,10-13,17-20H2,1-6H3,(H,38,46)(H,39,47)/t21-,22-,26+,29-,30-,31-,32+,33-/m0/s1. The lowest BCUT2D eigenvalue weighted by atomic mass is 9.45. The zero-order valence-corrected chi connectivity index (χ0v) is 29.6. The smallest absolute Gasteiger partial charge is 0.251 e. The third-order valence-electron chi connectivity index (χ3n) is 11.5. The highest BCUT2D eigenvalue weighted by Crippen LogP contribution is 2.61. The molecule has 49 heavy (non-hydrogen) atoms. The number of nitrogens with one attached hydrogen (secondary N) is 2. The number of para-hydroxylation sites is 1. The number of ether oxygens (including phenoxy) is 1. The lowest BCUT2D eigenvalue weighted by Crippen LogP contribution is -2.62. The van der Waals surface area contributed by atoms with E-state index in [0.29, 0.717) is 51.4 Å². The number of aliphatic hydroxyl groups excluding tert-OH is 4. The van der Waals surface area contributed by atoms with E-state index in [2.05, 4.69) is 31.4 Å². The van der Waals surface area contributed by atoms with Crippen LogP contribution in [0.2, 0.25) is 0 Å². The van der Waals surface area contributed by atoms with Crippen LogP contribution in [0.1, 0.15) is 56.5 Å². The van der Waals surface area contributed by atoms with Gasteiger partial charge in [-0.05, 0) is 66.7 Å². The van der Waals surface area contributed by atoms with Crippen LogP contribution < -0.4 is 20.3 Å². The number of benzene rings is 2. The fourth-order valence-electron chi connectivity index (χ4n) is 8.67. The number of hydroxylamine groups is 2. The topological polar surface area (TPSA) is 164 Å². The average Bonchev–Trinajstić information content (AvgIpc) is 3.46. The summed E-state index contributed by atoms with van der Waals surface area (Å²) in [5.74, 6) is 0.726. The van der Waals surface area contributed by atoms with Crippen LogP contribution in [-0.4, -0.2) is 109 Å². The van der Waals surface area contributed by atoms with Gasteiger partial charge in [0.15, 0.2) is 0 Å². The van der Waals surface area contributed by atoms with Gasteiger partial charge in [0.2, 0.25) is 5.91 Å². The Kier molecular flexibility index (Phi) is 11.6. The Morgan fingerprint density at radius 2 is 1.84 bits per heavy atom. The summed E-state index contributed by atoms with van der Waals surface area (Å²) in [4.78, 5) is 35.0. The number of hydrogen-bond acceptors (Lipinski definition) is 10. The zero-order valence-electron chi connectivity index (χ0n) is 29.6. The van der Waals surface area contributed by atoms with E-state index >= 15 is 0 Å². The molecule has 2 bridgehead atoms. The maximum absolute atomic E-state index is 14.2. The van der Waals surface area contributed by atoms with Crippen molar-refractivity contribution < 1.29 is 39.6 Å². The van der Waals surface area contributed by atoms with Crippen molar-refractivity contribution in [2.24, 2.45) is 29.1 Å². The number of carbonyl (C=O) groups excluding carboxylic acids is 2. The summed E-state index contributed by atoms with van der Waals surface area (Å²) in [7, 11) is 3.10. The van der Waals surface area contributed by atoms with Crippen molar-refractivity contribution >= 4 is 17.5 Å². The van der Waals surface area contributed by atoms with Crippen LogP contribution in [0.3, 0.4) is 0 Å². The van der Waals surface area contributed by atoms with Gasteiger partial charge in [0, 0.05) is 54.5 Å². The Labute approximate surface area is 289 Å². The van der Waals surface area contributed by atoms with Gasteiger partial charge < -0.3 is 40.7 Å². The number of rotatable bonds is 14. The highest BCUT2D eigenvalue weighted by molar-refractivity contribution is 5.97. The molecule has 3 saturated carbocycles. The predicted octanol–water partition coefficient (Wildman–Crippen LogP) is 2.17. The molecule has 0 radical (unpaired) electrons. The highest BCUT2D eigenvalue weighted by atomic mass is 16.7. The van der Waals surface area contributed by atoms with Gasteiger partial charge in [0.05, 0.1) is 39.6 Å². The summed E-state index contributed by atoms with van der Waals surface area (Å²) in [5, 5.41) is 48.1. The van der Waals surface area contributed by atoms with Crippen molar-refractivity contribution in [3.8, 4) is 16.9 Å². The van der Waals surface area contributed by atoms with E-state index in [-0.39, 0.29) is 62.7 Å². The van der Waals surface area contributed by atoms with Crippen LogP contribution in [0.5, 0.6) is 5.75 Å². The molecule has 0 aromatic heterocycles. The van der Waals surface area contributed by atoms with Gasteiger partial charge in [-0.2, -0.15) is 5.06 Å². The van der Waals surface area contributed by atoms with Crippen molar-refractivity contribution in [2.45, 2.75) is 71.4 Å². The first kappa shape index (κ1) is 37.0. The molecule has 12 nitrogen and oxygen atoms in total. The van der Waals surface area contributed by atoms with E-state index in [0.717, 1.165) is 6.42 Å². The van der Waals surface area contributed by atoms with Crippen molar-refractivity contribution in [3.05, 3.63) is 47.5 Å². The molecule has 6 rings (SSSR count). The molecule has 12 heteroatoms. The number of carbonyl (C=O) groups is 2. The van der Waals surface area contributed by atoms with E-state index in [1.807, 2.05) is 24.3 Å². The summed E-state index contributed by atoms with van der Waals surface area (Å²) in [5.41, 5.74) is 3.37. The van der Waals surface area contributed by atoms with Crippen LogP contribution in [0, 0.1) is 29.1 Å². The average molecular weight is 683 g/mol. The van der Waals surface area contributed by atoms with Gasteiger partial charge in [0.1, 0.15) is 17.9 Å². The molecule has 3 aliphatic carbocycles. The summed E-state index contributed by atoms with van der Waals surface area (Å²) < 4.78 is 5.98. The van der Waals surface area contributed by atoms with Crippen LogP contribution in [0.25, 0.3) is 11.1 Å². The van der Waals surface area contributed by atoms with Crippen molar-refractivity contribution in [1.29, 1.82) is 0 Å². The molecule has 4 aliphatic rings. The van der Waals surface area contributed by atoms with E-state index in [4.69, 9.17) is 9.57 Å². The summed E-state index contributed by atoms with van der Waals surface area (Å²) in [6.07, 6.45) is 0.395. The second kappa shape index (κ2) is 15.3. The Morgan fingerprint density at radius 3 is 2.41 bits per heavy atom. The number of hydrogen-bond donors (Lipinski definition) is 6. The lowest BCUT2D eigenvalue weighted by Gasteiger charge is -2.62. The van der Waals surface area contributed by atoms with Gasteiger partial charge in [-0.3, -0.25) is 14.4 Å². The van der Waals surface area contributed by atoms with Gasteiger partial charge in [-0.15, -0.1) is 0 Å². The third-order valence-corrected chi connectivity index (χ3v) is 11.5. The third kappa shape index (κ3) is 7.17. The van der Waals surface area contributed by atoms with Crippen LogP contribution >= 0.6 is 0 Å². The normalized spacial score (nSPS) is 28.0. The maximum atomic E-state index is 14.2. The van der Waals surface area contributed by atoms with Gasteiger partial charge in [0.25, 0.3) is 5.91 Å². The van der Waals surface area contributed by atoms with Crippen molar-refractivity contribution in [1.82, 2.24) is 15.7 Å². The van der Waals surface area contributed by atoms with E-state index in [1.54, 1.807) is 43.2 Å². The first-order valence-corrected chi connectivity index (χ1v) is 17.4. The molecule has 2 amide bonds. The number of methoxy groups -OCH3 is 1. The molecule has 2 aromatic rings. The Hall–Kier alpha value is -3.26. The predicted molar refractivity (Wildman–Crippen MR) is 186 cm³/mol. The molecule has 270 valence electrons. The first-order valence-electron chi connectivity index (χ1n) is 17.4. The second-order valence-electron chi connectivity index (χ2n) is 14.5. The molecule has 4 fully saturated rings. The van der Waals surface area contributed by atoms with Gasteiger partial charge in [-0.25, -0.2) is 0 Å². The Bertz CT molecular complexity index is 1480. The number of nitrogens with zero attached hydrogens (tertiary/aromatic N) is 2. The van der Waals surface area contributed by atoms with E-state index < -0.39 is 24.2 Å². The molecule has 6 N–H and O–H groups in total. The quantitative estimate of drug-likeness (QED) is 0.174. The molecular formula is C37H54N4O8. The van der Waals surface area contributed by atoms with Gasteiger partial charge in [-0.1, -0.05) is 39.0 Å². The van der Waals surface area contributed by atoms with Crippen molar-refractivity contribution in [3.63, 3.8) is 0 Å². The lowest BCUT2D eigenvalue weighted by molar-refractivity contribution is -0.183. The minimum absolute atomic E-state index is 0.0184. The zero-order chi connectivity index (χ0) is 35.6.